The molecule has 0 spiro atoms. The molecule has 13 heavy (non-hydrogen) atoms. The number of carbonyl (C=O) groups is 1. The molecular formula is C9H7ClO3. The normalized spacial score (nSPS) is 19.9. The van der Waals surface area contributed by atoms with Gasteiger partial charge in [0.2, 0.25) is 6.29 Å². The van der Waals surface area contributed by atoms with Gasteiger partial charge in [-0.15, -0.1) is 0 Å². The van der Waals surface area contributed by atoms with Crippen LogP contribution in [0.2, 0.25) is 5.02 Å². The molecule has 0 saturated heterocycles. The molecule has 3 nitrogen and oxygen atoms in total. The van der Waals surface area contributed by atoms with Crippen LogP contribution in [0.1, 0.15) is 27.8 Å². The van der Waals surface area contributed by atoms with Crippen LogP contribution in [0.3, 0.4) is 0 Å². The lowest BCUT2D eigenvalue weighted by Crippen LogP contribution is -1.96. The third-order valence-electron chi connectivity index (χ3n) is 2.06. The van der Waals surface area contributed by atoms with E-state index in [9.17, 15) is 9.90 Å². The minimum Gasteiger partial charge on any atom is -0.428 e. The smallest absolute Gasteiger partial charge is 0.342 e. The molecule has 1 aromatic carbocycles. The minimum atomic E-state index is -1.17. The number of aliphatic hydroxyl groups excluding tert-OH is 1. The van der Waals surface area contributed by atoms with E-state index < -0.39 is 12.3 Å². The molecule has 0 amide bonds. The maximum Gasteiger partial charge on any atom is 0.342 e. The van der Waals surface area contributed by atoms with Gasteiger partial charge in [0.15, 0.2) is 0 Å². The summed E-state index contributed by atoms with van der Waals surface area (Å²) in [5.41, 5.74) is 1.53. The van der Waals surface area contributed by atoms with E-state index >= 15 is 0 Å². The van der Waals surface area contributed by atoms with E-state index in [1.165, 1.54) is 0 Å². The number of hydrogen-bond donors (Lipinski definition) is 1. The van der Waals surface area contributed by atoms with Crippen molar-refractivity contribution in [3.05, 3.63) is 33.8 Å². The van der Waals surface area contributed by atoms with E-state index in [1.54, 1.807) is 19.1 Å². The van der Waals surface area contributed by atoms with E-state index in [4.69, 9.17) is 11.6 Å². The highest BCUT2D eigenvalue weighted by Crippen LogP contribution is 2.34. The summed E-state index contributed by atoms with van der Waals surface area (Å²) in [5, 5.41) is 9.63. The van der Waals surface area contributed by atoms with Crippen LogP contribution in [0.15, 0.2) is 12.1 Å². The molecule has 1 aliphatic rings. The Kier molecular flexibility index (Phi) is 1.78. The van der Waals surface area contributed by atoms with Crippen LogP contribution in [0.25, 0.3) is 0 Å². The van der Waals surface area contributed by atoms with Crippen LogP contribution in [-0.4, -0.2) is 11.1 Å². The first-order chi connectivity index (χ1) is 6.11. The molecule has 1 atom stereocenters. The van der Waals surface area contributed by atoms with Crippen LogP contribution in [0.5, 0.6) is 0 Å². The Balaban J connectivity index is 2.71. The maximum absolute atomic E-state index is 11.2. The molecule has 68 valence electrons. The molecule has 1 heterocycles. The van der Waals surface area contributed by atoms with Crippen LogP contribution in [0.4, 0.5) is 0 Å². The second-order valence-corrected chi connectivity index (χ2v) is 3.30. The first kappa shape index (κ1) is 8.53. The highest BCUT2D eigenvalue weighted by atomic mass is 35.5. The average molecular weight is 199 g/mol. The van der Waals surface area contributed by atoms with Gasteiger partial charge in [0, 0.05) is 5.56 Å². The Morgan fingerprint density at radius 2 is 2.23 bits per heavy atom. The highest BCUT2D eigenvalue weighted by Gasteiger charge is 2.32. The number of benzene rings is 1. The molecule has 0 aliphatic carbocycles. The van der Waals surface area contributed by atoms with Crippen molar-refractivity contribution < 1.29 is 14.6 Å². The van der Waals surface area contributed by atoms with Gasteiger partial charge in [0.25, 0.3) is 0 Å². The standard InChI is InChI=1S/C9H7ClO3/c1-4-2-3-5-6(7(4)10)9(12)13-8(5)11/h2-3,8,11H,1H3. The fourth-order valence-electron chi connectivity index (χ4n) is 1.33. The Hall–Kier alpha value is -1.06. The summed E-state index contributed by atoms with van der Waals surface area (Å²) >= 11 is 5.89. The van der Waals surface area contributed by atoms with E-state index in [0.717, 1.165) is 5.56 Å². The predicted octanol–water partition coefficient (Wildman–Crippen LogP) is 1.81. The Morgan fingerprint density at radius 3 is 2.92 bits per heavy atom. The number of fused-ring (bicyclic) bond motifs is 1. The van der Waals surface area contributed by atoms with E-state index in [-0.39, 0.29) is 5.56 Å². The molecule has 1 aromatic rings. The largest absolute Gasteiger partial charge is 0.428 e. The molecule has 0 saturated carbocycles. The number of carbonyl (C=O) groups excluding carboxylic acids is 1. The van der Waals surface area contributed by atoms with Gasteiger partial charge in [-0.3, -0.25) is 0 Å². The third-order valence-corrected chi connectivity index (χ3v) is 2.54. The summed E-state index contributed by atoms with van der Waals surface area (Å²) in [4.78, 5) is 11.2. The third kappa shape index (κ3) is 1.12. The Morgan fingerprint density at radius 1 is 1.54 bits per heavy atom. The first-order valence-corrected chi connectivity index (χ1v) is 4.17. The lowest BCUT2D eigenvalue weighted by molar-refractivity contribution is -0.0547. The second kappa shape index (κ2) is 2.72. The predicted molar refractivity (Wildman–Crippen MR) is 46.6 cm³/mol. The zero-order chi connectivity index (χ0) is 9.59. The van der Waals surface area contributed by atoms with Crippen LogP contribution in [0, 0.1) is 6.92 Å². The first-order valence-electron chi connectivity index (χ1n) is 3.79. The fraction of sp³-hybridized carbons (Fsp3) is 0.222. The van der Waals surface area contributed by atoms with E-state index in [1.807, 2.05) is 0 Å². The monoisotopic (exact) mass is 198 g/mol. The summed E-state index contributed by atoms with van der Waals surface area (Å²) in [6, 6.07) is 3.39. The van der Waals surface area contributed by atoms with Crippen molar-refractivity contribution in [2.24, 2.45) is 0 Å². The number of esters is 1. The highest BCUT2D eigenvalue weighted by molar-refractivity contribution is 6.34. The average Bonchev–Trinajstić information content (AvgIpc) is 2.35. The van der Waals surface area contributed by atoms with Crippen molar-refractivity contribution in [1.82, 2.24) is 0 Å². The minimum absolute atomic E-state index is 0.286. The Bertz CT molecular complexity index is 387. The number of ether oxygens (including phenoxy) is 1. The zero-order valence-corrected chi connectivity index (χ0v) is 7.63. The van der Waals surface area contributed by atoms with Crippen LogP contribution in [-0.2, 0) is 4.74 Å². The number of aryl methyl sites for hydroxylation is 1. The lowest BCUT2D eigenvalue weighted by Gasteiger charge is -2.02. The van der Waals surface area contributed by atoms with Gasteiger partial charge in [0.1, 0.15) is 0 Å². The SMILES string of the molecule is Cc1ccc2c(c1Cl)C(=O)OC2O. The topological polar surface area (TPSA) is 46.5 Å². The summed E-state index contributed by atoms with van der Waals surface area (Å²) < 4.78 is 4.60. The molecular weight excluding hydrogens is 192 g/mol. The molecule has 1 aliphatic heterocycles. The maximum atomic E-state index is 11.2. The lowest BCUT2D eigenvalue weighted by atomic mass is 10.1. The van der Waals surface area contributed by atoms with Crippen molar-refractivity contribution in [2.45, 2.75) is 13.2 Å². The molecule has 1 N–H and O–H groups in total. The van der Waals surface area contributed by atoms with Crippen LogP contribution >= 0.6 is 11.6 Å². The second-order valence-electron chi connectivity index (χ2n) is 2.92. The molecule has 0 aromatic heterocycles. The Labute approximate surface area is 79.9 Å². The van der Waals surface area contributed by atoms with Crippen molar-refractivity contribution in [3.63, 3.8) is 0 Å². The molecule has 0 fully saturated rings. The van der Waals surface area contributed by atoms with Crippen molar-refractivity contribution in [3.8, 4) is 0 Å². The number of halogens is 1. The van der Waals surface area contributed by atoms with E-state index in [2.05, 4.69) is 4.74 Å². The van der Waals surface area contributed by atoms with Gasteiger partial charge in [-0.1, -0.05) is 23.7 Å². The summed E-state index contributed by atoms with van der Waals surface area (Å²) in [6.45, 7) is 1.79. The number of rotatable bonds is 0. The number of hydrogen-bond acceptors (Lipinski definition) is 3. The molecule has 2 rings (SSSR count). The van der Waals surface area contributed by atoms with Gasteiger partial charge in [-0.2, -0.15) is 0 Å². The number of aliphatic hydroxyl groups is 1. The van der Waals surface area contributed by atoms with Gasteiger partial charge in [0.05, 0.1) is 10.6 Å². The van der Waals surface area contributed by atoms with Gasteiger partial charge in [-0.25, -0.2) is 4.79 Å². The zero-order valence-electron chi connectivity index (χ0n) is 6.87. The summed E-state index contributed by atoms with van der Waals surface area (Å²) in [6.07, 6.45) is -1.17. The van der Waals surface area contributed by atoms with E-state index in [0.29, 0.717) is 10.6 Å². The van der Waals surface area contributed by atoms with Crippen molar-refractivity contribution >= 4 is 17.6 Å². The fourth-order valence-corrected chi connectivity index (χ4v) is 1.58. The van der Waals surface area contributed by atoms with Gasteiger partial charge >= 0.3 is 5.97 Å². The molecule has 4 heteroatoms. The van der Waals surface area contributed by atoms with Crippen molar-refractivity contribution in [2.75, 3.05) is 0 Å². The van der Waals surface area contributed by atoms with Crippen molar-refractivity contribution in [1.29, 1.82) is 0 Å². The molecule has 0 radical (unpaired) electrons. The molecule has 1 unspecified atom stereocenters. The number of cyclic esters (lactones) is 1. The quantitative estimate of drug-likeness (QED) is 0.647. The summed E-state index contributed by atoms with van der Waals surface area (Å²) in [5.74, 6) is -0.559. The van der Waals surface area contributed by atoms with Gasteiger partial charge < -0.3 is 9.84 Å². The summed E-state index contributed by atoms with van der Waals surface area (Å²) in [7, 11) is 0. The van der Waals surface area contributed by atoms with Gasteiger partial charge in [-0.05, 0) is 12.5 Å². The molecule has 0 bridgehead atoms. The van der Waals surface area contributed by atoms with Crippen LogP contribution < -0.4 is 0 Å².